The van der Waals surface area contributed by atoms with Crippen molar-refractivity contribution in [3.8, 4) is 0 Å². The van der Waals surface area contributed by atoms with Crippen LogP contribution in [0.5, 0.6) is 0 Å². The van der Waals surface area contributed by atoms with Gasteiger partial charge in [0, 0.05) is 10.6 Å². The molecule has 0 unspecified atom stereocenters. The Kier molecular flexibility index (Phi) is 4.56. The smallest absolute Gasteiger partial charge is 0.282 e. The number of hydrogen-bond acceptors (Lipinski definition) is 4. The Morgan fingerprint density at radius 3 is 2.37 bits per heavy atom. The van der Waals surface area contributed by atoms with Gasteiger partial charge in [-0.15, -0.1) is 11.3 Å². The van der Waals surface area contributed by atoms with Crippen molar-refractivity contribution >= 4 is 51.7 Å². The molecule has 4 nitrogen and oxygen atoms in total. The summed E-state index contributed by atoms with van der Waals surface area (Å²) in [6.45, 7) is 1.95. The lowest BCUT2D eigenvalue weighted by Gasteiger charge is -2.17. The van der Waals surface area contributed by atoms with Gasteiger partial charge in [-0.1, -0.05) is 48.0 Å². The summed E-state index contributed by atoms with van der Waals surface area (Å²) < 4.78 is 0. The SMILES string of the molecule is Cc1ccccc1NC1=C(c2cccs2)C(=O)N(c2ccccc2Cl)C1=O. The number of thiophene rings is 1. The minimum Gasteiger partial charge on any atom is -0.350 e. The van der Waals surface area contributed by atoms with Crippen LogP contribution in [0.2, 0.25) is 5.02 Å². The van der Waals surface area contributed by atoms with Gasteiger partial charge in [0.25, 0.3) is 11.8 Å². The number of nitrogens with zero attached hydrogens (tertiary/aromatic N) is 1. The summed E-state index contributed by atoms with van der Waals surface area (Å²) in [4.78, 5) is 28.3. The van der Waals surface area contributed by atoms with Crippen molar-refractivity contribution in [2.45, 2.75) is 6.92 Å². The van der Waals surface area contributed by atoms with Crippen LogP contribution < -0.4 is 10.2 Å². The molecule has 1 aliphatic rings. The summed E-state index contributed by atoms with van der Waals surface area (Å²) in [6, 6.07) is 18.2. The molecule has 134 valence electrons. The van der Waals surface area contributed by atoms with Gasteiger partial charge in [0.1, 0.15) is 5.70 Å². The monoisotopic (exact) mass is 394 g/mol. The van der Waals surface area contributed by atoms with Crippen LogP contribution in [0, 0.1) is 6.92 Å². The van der Waals surface area contributed by atoms with Gasteiger partial charge in [-0.25, -0.2) is 4.90 Å². The first-order chi connectivity index (χ1) is 13.1. The van der Waals surface area contributed by atoms with Crippen LogP contribution in [0.1, 0.15) is 10.4 Å². The van der Waals surface area contributed by atoms with Gasteiger partial charge in [0.05, 0.1) is 16.3 Å². The van der Waals surface area contributed by atoms with Crippen LogP contribution in [0.15, 0.2) is 71.7 Å². The summed E-state index contributed by atoms with van der Waals surface area (Å²) in [5, 5.41) is 5.41. The Morgan fingerprint density at radius 2 is 1.67 bits per heavy atom. The summed E-state index contributed by atoms with van der Waals surface area (Å²) >= 11 is 7.67. The van der Waals surface area contributed by atoms with Crippen LogP contribution >= 0.6 is 22.9 Å². The fourth-order valence-electron chi connectivity index (χ4n) is 2.99. The van der Waals surface area contributed by atoms with Gasteiger partial charge in [-0.3, -0.25) is 9.59 Å². The fraction of sp³-hybridized carbons (Fsp3) is 0.0476. The number of imide groups is 1. The number of rotatable bonds is 4. The predicted octanol–water partition coefficient (Wildman–Crippen LogP) is 5.11. The van der Waals surface area contributed by atoms with Crippen molar-refractivity contribution < 1.29 is 9.59 Å². The zero-order valence-corrected chi connectivity index (χ0v) is 16.0. The molecule has 2 heterocycles. The average Bonchev–Trinajstić information content (AvgIpc) is 3.25. The molecule has 0 atom stereocenters. The third-order valence-corrected chi connectivity index (χ3v) is 5.56. The molecule has 0 saturated heterocycles. The second kappa shape index (κ2) is 7.02. The van der Waals surface area contributed by atoms with E-state index in [1.165, 1.54) is 11.3 Å². The van der Waals surface area contributed by atoms with E-state index in [1.54, 1.807) is 24.3 Å². The van der Waals surface area contributed by atoms with E-state index in [2.05, 4.69) is 5.32 Å². The van der Waals surface area contributed by atoms with E-state index in [0.29, 0.717) is 16.3 Å². The quantitative estimate of drug-likeness (QED) is 0.626. The van der Waals surface area contributed by atoms with Crippen LogP contribution in [-0.4, -0.2) is 11.8 Å². The molecule has 0 bridgehead atoms. The van der Waals surface area contributed by atoms with Crippen molar-refractivity contribution in [1.82, 2.24) is 0 Å². The lowest BCUT2D eigenvalue weighted by atomic mass is 10.1. The van der Waals surface area contributed by atoms with Gasteiger partial charge in [0.2, 0.25) is 0 Å². The van der Waals surface area contributed by atoms with Gasteiger partial charge in [-0.2, -0.15) is 0 Å². The molecule has 2 amide bonds. The number of anilines is 2. The third kappa shape index (κ3) is 3.05. The number of para-hydroxylation sites is 2. The number of nitrogens with one attached hydrogen (secondary N) is 1. The number of amides is 2. The first kappa shape index (κ1) is 17.5. The van der Waals surface area contributed by atoms with E-state index < -0.39 is 5.91 Å². The van der Waals surface area contributed by atoms with Crippen LogP contribution in [0.4, 0.5) is 11.4 Å². The molecule has 1 aromatic heterocycles. The van der Waals surface area contributed by atoms with Crippen LogP contribution in [0.3, 0.4) is 0 Å². The summed E-state index contributed by atoms with van der Waals surface area (Å²) in [7, 11) is 0. The second-order valence-electron chi connectivity index (χ2n) is 6.06. The highest BCUT2D eigenvalue weighted by Crippen LogP contribution is 2.38. The first-order valence-corrected chi connectivity index (χ1v) is 9.58. The molecular weight excluding hydrogens is 380 g/mol. The molecule has 0 spiro atoms. The van der Waals surface area contributed by atoms with Crippen LogP contribution in [0.25, 0.3) is 5.57 Å². The van der Waals surface area contributed by atoms with Crippen molar-refractivity contribution in [2.75, 3.05) is 10.2 Å². The van der Waals surface area contributed by atoms with E-state index >= 15 is 0 Å². The van der Waals surface area contributed by atoms with Crippen molar-refractivity contribution in [3.63, 3.8) is 0 Å². The Bertz CT molecular complexity index is 1070. The van der Waals surface area contributed by atoms with E-state index in [0.717, 1.165) is 21.0 Å². The molecule has 1 N–H and O–H groups in total. The molecule has 0 aliphatic carbocycles. The first-order valence-electron chi connectivity index (χ1n) is 8.32. The molecule has 0 fully saturated rings. The molecular formula is C21H15ClN2O2S. The second-order valence-corrected chi connectivity index (χ2v) is 7.42. The maximum atomic E-state index is 13.2. The maximum absolute atomic E-state index is 13.2. The number of hydrogen-bond donors (Lipinski definition) is 1. The lowest BCUT2D eigenvalue weighted by molar-refractivity contribution is -0.120. The van der Waals surface area contributed by atoms with Crippen molar-refractivity contribution in [1.29, 1.82) is 0 Å². The summed E-state index contributed by atoms with van der Waals surface area (Å²) in [6.07, 6.45) is 0. The molecule has 0 saturated carbocycles. The molecule has 2 aromatic carbocycles. The number of aryl methyl sites for hydroxylation is 1. The Morgan fingerprint density at radius 1 is 0.926 bits per heavy atom. The molecule has 1 aliphatic heterocycles. The Labute approximate surface area is 165 Å². The lowest BCUT2D eigenvalue weighted by Crippen LogP contribution is -2.32. The largest absolute Gasteiger partial charge is 0.350 e. The molecule has 0 radical (unpaired) electrons. The number of benzene rings is 2. The Hall–Kier alpha value is -2.89. The van der Waals surface area contributed by atoms with E-state index in [1.807, 2.05) is 48.7 Å². The zero-order chi connectivity index (χ0) is 19.0. The standard InChI is InChI=1S/C21H15ClN2O2S/c1-13-7-2-4-9-15(13)23-19-18(17-11-6-12-27-17)20(25)24(21(19)26)16-10-5-3-8-14(16)22/h2-12,23H,1H3. The fourth-order valence-corrected chi connectivity index (χ4v) is 3.98. The summed E-state index contributed by atoms with van der Waals surface area (Å²) in [5.74, 6) is -0.800. The Balaban J connectivity index is 1.84. The molecule has 3 aromatic rings. The zero-order valence-electron chi connectivity index (χ0n) is 14.4. The number of carbonyl (C=O) groups is 2. The van der Waals surface area contributed by atoms with Gasteiger partial charge >= 0.3 is 0 Å². The third-order valence-electron chi connectivity index (χ3n) is 4.35. The van der Waals surface area contributed by atoms with E-state index in [4.69, 9.17) is 11.6 Å². The van der Waals surface area contributed by atoms with Gasteiger partial charge in [0.15, 0.2) is 0 Å². The summed E-state index contributed by atoms with van der Waals surface area (Å²) in [5.41, 5.74) is 2.76. The van der Waals surface area contributed by atoms with E-state index in [9.17, 15) is 9.59 Å². The van der Waals surface area contributed by atoms with Crippen molar-refractivity contribution in [3.05, 3.63) is 87.2 Å². The molecule has 27 heavy (non-hydrogen) atoms. The predicted molar refractivity (Wildman–Crippen MR) is 110 cm³/mol. The topological polar surface area (TPSA) is 49.4 Å². The number of halogens is 1. The highest BCUT2D eigenvalue weighted by molar-refractivity contribution is 7.11. The minimum absolute atomic E-state index is 0.261. The average molecular weight is 395 g/mol. The highest BCUT2D eigenvalue weighted by atomic mass is 35.5. The normalized spacial score (nSPS) is 14.2. The molecule has 4 rings (SSSR count). The van der Waals surface area contributed by atoms with Crippen LogP contribution in [-0.2, 0) is 9.59 Å². The van der Waals surface area contributed by atoms with E-state index in [-0.39, 0.29) is 11.6 Å². The highest BCUT2D eigenvalue weighted by Gasteiger charge is 2.41. The molecule has 6 heteroatoms. The van der Waals surface area contributed by atoms with Gasteiger partial charge < -0.3 is 5.32 Å². The van der Waals surface area contributed by atoms with Crippen molar-refractivity contribution in [2.24, 2.45) is 0 Å². The van der Waals surface area contributed by atoms with Gasteiger partial charge in [-0.05, 0) is 42.1 Å². The number of carbonyl (C=O) groups excluding carboxylic acids is 2. The minimum atomic E-state index is -0.417. The maximum Gasteiger partial charge on any atom is 0.282 e.